The van der Waals surface area contributed by atoms with Gasteiger partial charge < -0.3 is 20.5 Å². The molecule has 0 unspecified atom stereocenters. The van der Waals surface area contributed by atoms with Gasteiger partial charge in [0.05, 0.1) is 24.6 Å². The fraction of sp³-hybridized carbons (Fsp3) is 0.571. The molecular weight excluding hydrogens is 247 g/mol. The number of benzene rings is 1. The van der Waals surface area contributed by atoms with Gasteiger partial charge in [-0.05, 0) is 26.2 Å². The molecule has 2 rings (SSSR count). The number of nitrogens with two attached hydrogens (primary N) is 1. The maximum Gasteiger partial charge on any atom is 0.167 e. The zero-order valence-corrected chi connectivity index (χ0v) is 11.2. The Hall–Kier alpha value is -1.49. The van der Waals surface area contributed by atoms with Crippen LogP contribution in [0.2, 0.25) is 0 Å². The van der Waals surface area contributed by atoms with Gasteiger partial charge in [0.25, 0.3) is 0 Å². The second-order valence-electron chi connectivity index (χ2n) is 4.78. The first-order valence-electron chi connectivity index (χ1n) is 6.76. The number of rotatable bonds is 6. The van der Waals surface area contributed by atoms with E-state index in [1.54, 1.807) is 6.07 Å². The van der Waals surface area contributed by atoms with Crippen molar-refractivity contribution in [2.45, 2.75) is 32.2 Å². The van der Waals surface area contributed by atoms with E-state index >= 15 is 0 Å². The van der Waals surface area contributed by atoms with Crippen molar-refractivity contribution in [3.8, 4) is 5.75 Å². The fourth-order valence-electron chi connectivity index (χ4n) is 2.38. The van der Waals surface area contributed by atoms with Crippen LogP contribution in [0.25, 0.3) is 0 Å². The number of hydrogen-bond donors (Lipinski definition) is 2. The van der Waals surface area contributed by atoms with Crippen molar-refractivity contribution in [1.29, 1.82) is 0 Å². The minimum atomic E-state index is -0.444. The van der Waals surface area contributed by atoms with E-state index in [4.69, 9.17) is 10.5 Å². The van der Waals surface area contributed by atoms with Gasteiger partial charge in [0.1, 0.15) is 0 Å². The maximum atomic E-state index is 13.7. The molecule has 0 amide bonds. The smallest absolute Gasteiger partial charge is 0.167 e. The summed E-state index contributed by atoms with van der Waals surface area (Å²) in [5.74, 6) is -0.227. The molecule has 4 nitrogen and oxygen atoms in total. The number of aliphatic hydroxyl groups excluding tert-OH is 1. The first-order chi connectivity index (χ1) is 9.17. The largest absolute Gasteiger partial charge is 0.491 e. The number of nitrogens with zero attached hydrogens (tertiary/aromatic N) is 1. The minimum Gasteiger partial charge on any atom is -0.491 e. The summed E-state index contributed by atoms with van der Waals surface area (Å²) in [7, 11) is 0. The molecule has 1 aliphatic carbocycles. The predicted molar refractivity (Wildman–Crippen MR) is 74.1 cm³/mol. The normalized spacial score (nSPS) is 15.1. The highest BCUT2D eigenvalue weighted by Crippen LogP contribution is 2.36. The van der Waals surface area contributed by atoms with Gasteiger partial charge in [-0.3, -0.25) is 0 Å². The summed E-state index contributed by atoms with van der Waals surface area (Å²) in [6.07, 6.45) is 3.35. The Morgan fingerprint density at radius 2 is 2.21 bits per heavy atom. The summed E-state index contributed by atoms with van der Waals surface area (Å²) in [5.41, 5.74) is 7.06. The summed E-state index contributed by atoms with van der Waals surface area (Å²) in [6, 6.07) is 3.32. The molecule has 0 aliphatic heterocycles. The fourth-order valence-corrected chi connectivity index (χ4v) is 2.38. The average molecular weight is 268 g/mol. The Kier molecular flexibility index (Phi) is 4.47. The van der Waals surface area contributed by atoms with Crippen LogP contribution < -0.4 is 15.4 Å². The van der Waals surface area contributed by atoms with Gasteiger partial charge in [-0.25, -0.2) is 4.39 Å². The van der Waals surface area contributed by atoms with Gasteiger partial charge in [0, 0.05) is 24.7 Å². The van der Waals surface area contributed by atoms with E-state index < -0.39 is 5.82 Å². The zero-order valence-electron chi connectivity index (χ0n) is 11.2. The topological polar surface area (TPSA) is 58.7 Å². The van der Waals surface area contributed by atoms with Crippen LogP contribution in [-0.4, -0.2) is 30.9 Å². The zero-order chi connectivity index (χ0) is 13.8. The van der Waals surface area contributed by atoms with Gasteiger partial charge in [-0.1, -0.05) is 0 Å². The van der Waals surface area contributed by atoms with Crippen molar-refractivity contribution in [2.24, 2.45) is 0 Å². The number of aliphatic hydroxyl groups is 1. The number of hydrogen-bond acceptors (Lipinski definition) is 4. The van der Waals surface area contributed by atoms with E-state index in [1.807, 2.05) is 6.92 Å². The quantitative estimate of drug-likeness (QED) is 0.776. The molecule has 19 heavy (non-hydrogen) atoms. The first-order valence-corrected chi connectivity index (χ1v) is 6.76. The Morgan fingerprint density at radius 1 is 1.47 bits per heavy atom. The van der Waals surface area contributed by atoms with Crippen LogP contribution in [0.3, 0.4) is 0 Å². The van der Waals surface area contributed by atoms with E-state index in [-0.39, 0.29) is 12.4 Å². The van der Waals surface area contributed by atoms with Crippen LogP contribution >= 0.6 is 0 Å². The molecule has 0 radical (unpaired) electrons. The van der Waals surface area contributed by atoms with Gasteiger partial charge in [-0.15, -0.1) is 0 Å². The highest BCUT2D eigenvalue weighted by molar-refractivity contribution is 5.70. The van der Waals surface area contributed by atoms with Crippen LogP contribution in [-0.2, 0) is 0 Å². The van der Waals surface area contributed by atoms with Crippen LogP contribution in [0, 0.1) is 5.82 Å². The lowest BCUT2D eigenvalue weighted by atomic mass is 9.91. The van der Waals surface area contributed by atoms with Crippen molar-refractivity contribution in [3.63, 3.8) is 0 Å². The Balaban J connectivity index is 2.31. The number of halogens is 1. The lowest BCUT2D eigenvalue weighted by Gasteiger charge is -2.39. The molecule has 0 aromatic heterocycles. The molecule has 1 aliphatic rings. The molecule has 1 aromatic rings. The van der Waals surface area contributed by atoms with Crippen LogP contribution in [0.1, 0.15) is 26.2 Å². The standard InChI is InChI=1S/C14H21FN2O2/c1-2-19-14-9-13(12(16)8-11(14)15)17(6-7-18)10-4-3-5-10/h8-10,18H,2-7,16H2,1H3. The van der Waals surface area contributed by atoms with Crippen LogP contribution in [0.15, 0.2) is 12.1 Å². The summed E-state index contributed by atoms with van der Waals surface area (Å²) < 4.78 is 19.0. The third kappa shape index (κ3) is 2.92. The third-order valence-corrected chi connectivity index (χ3v) is 3.55. The second kappa shape index (κ2) is 6.10. The van der Waals surface area contributed by atoms with Crippen molar-refractivity contribution in [3.05, 3.63) is 17.9 Å². The number of anilines is 2. The average Bonchev–Trinajstić information content (AvgIpc) is 2.30. The molecule has 3 N–H and O–H groups in total. The van der Waals surface area contributed by atoms with E-state index in [0.717, 1.165) is 18.5 Å². The molecule has 106 valence electrons. The van der Waals surface area contributed by atoms with Crippen molar-refractivity contribution >= 4 is 11.4 Å². The van der Waals surface area contributed by atoms with Crippen molar-refractivity contribution < 1.29 is 14.2 Å². The monoisotopic (exact) mass is 268 g/mol. The molecule has 0 bridgehead atoms. The predicted octanol–water partition coefficient (Wildman–Crippen LogP) is 2.16. The molecule has 0 heterocycles. The van der Waals surface area contributed by atoms with Crippen LogP contribution in [0.5, 0.6) is 5.75 Å². The van der Waals surface area contributed by atoms with Gasteiger partial charge in [0.15, 0.2) is 11.6 Å². The van der Waals surface area contributed by atoms with Gasteiger partial charge in [0.2, 0.25) is 0 Å². The Labute approximate surface area is 113 Å². The van der Waals surface area contributed by atoms with Crippen LogP contribution in [0.4, 0.5) is 15.8 Å². The highest BCUT2D eigenvalue weighted by Gasteiger charge is 2.27. The Bertz CT molecular complexity index is 436. The van der Waals surface area contributed by atoms with Crippen molar-refractivity contribution in [1.82, 2.24) is 0 Å². The van der Waals surface area contributed by atoms with E-state index in [9.17, 15) is 9.50 Å². The lowest BCUT2D eigenvalue weighted by molar-refractivity contribution is 0.283. The van der Waals surface area contributed by atoms with E-state index in [0.29, 0.717) is 24.9 Å². The summed E-state index contributed by atoms with van der Waals surface area (Å²) in [4.78, 5) is 2.06. The first kappa shape index (κ1) is 13.9. The van der Waals surface area contributed by atoms with Crippen molar-refractivity contribution in [2.75, 3.05) is 30.4 Å². The maximum absolute atomic E-state index is 13.7. The SMILES string of the molecule is CCOc1cc(N(CCO)C2CCC2)c(N)cc1F. The minimum absolute atomic E-state index is 0.0529. The molecule has 5 heteroatoms. The molecule has 0 spiro atoms. The van der Waals surface area contributed by atoms with E-state index in [1.165, 1.54) is 12.5 Å². The summed E-state index contributed by atoms with van der Waals surface area (Å²) in [6.45, 7) is 2.78. The Morgan fingerprint density at radius 3 is 2.74 bits per heavy atom. The van der Waals surface area contributed by atoms with Gasteiger partial charge >= 0.3 is 0 Å². The molecule has 0 atom stereocenters. The molecule has 1 aromatic carbocycles. The molecule has 1 saturated carbocycles. The highest BCUT2D eigenvalue weighted by atomic mass is 19.1. The molecular formula is C14H21FN2O2. The van der Waals surface area contributed by atoms with E-state index in [2.05, 4.69) is 4.90 Å². The van der Waals surface area contributed by atoms with Gasteiger partial charge in [-0.2, -0.15) is 0 Å². The molecule has 0 saturated heterocycles. The number of ether oxygens (including phenoxy) is 1. The number of nitrogen functional groups attached to an aromatic ring is 1. The second-order valence-corrected chi connectivity index (χ2v) is 4.78. The molecule has 1 fully saturated rings. The summed E-state index contributed by atoms with van der Waals surface area (Å²) >= 11 is 0. The summed E-state index contributed by atoms with van der Waals surface area (Å²) in [5, 5.41) is 9.20. The third-order valence-electron chi connectivity index (χ3n) is 3.55. The lowest BCUT2D eigenvalue weighted by Crippen LogP contribution is -2.42.